The number of carbonyl (C=O) groups excluding carboxylic acids is 5. The minimum atomic E-state index is -1.02. The lowest BCUT2D eigenvalue weighted by Crippen LogP contribution is -2.54. The van der Waals surface area contributed by atoms with Crippen LogP contribution in [-0.4, -0.2) is 91.3 Å². The molecule has 0 spiro atoms. The van der Waals surface area contributed by atoms with Gasteiger partial charge in [0, 0.05) is 56.8 Å². The number of hydrogen-bond acceptors (Lipinski definition) is 11. The average Bonchev–Trinajstić information content (AvgIpc) is 3.67. The van der Waals surface area contributed by atoms with Gasteiger partial charge in [-0.25, -0.2) is 14.6 Å². The van der Waals surface area contributed by atoms with E-state index in [0.717, 1.165) is 21.9 Å². The Kier molecular flexibility index (Phi) is 8.74. The number of nitrogens with zero attached hydrogens (tertiary/aromatic N) is 7. The van der Waals surface area contributed by atoms with E-state index in [1.165, 1.54) is 6.33 Å². The van der Waals surface area contributed by atoms with E-state index >= 15 is 0 Å². The summed E-state index contributed by atoms with van der Waals surface area (Å²) in [4.78, 5) is 77.2. The van der Waals surface area contributed by atoms with Crippen molar-refractivity contribution in [1.82, 2.24) is 34.9 Å². The summed E-state index contributed by atoms with van der Waals surface area (Å²) in [5.74, 6) is -0.384. The molecule has 1 atom stereocenters. The van der Waals surface area contributed by atoms with E-state index in [9.17, 15) is 24.0 Å². The van der Waals surface area contributed by atoms with Gasteiger partial charge in [0.15, 0.2) is 5.65 Å². The van der Waals surface area contributed by atoms with Crippen molar-refractivity contribution in [2.24, 2.45) is 0 Å². The van der Waals surface area contributed by atoms with Crippen LogP contribution in [0, 0.1) is 0 Å². The lowest BCUT2D eigenvalue weighted by Gasteiger charge is -2.36. The van der Waals surface area contributed by atoms with Crippen LogP contribution in [0.5, 0.6) is 11.5 Å². The number of nitrogen functional groups attached to an aromatic ring is 1. The van der Waals surface area contributed by atoms with E-state index in [-0.39, 0.29) is 29.9 Å². The van der Waals surface area contributed by atoms with Gasteiger partial charge in [-0.2, -0.15) is 5.10 Å². The highest BCUT2D eigenvalue weighted by molar-refractivity contribution is 6.23. The number of hydrogen-bond donors (Lipinski definition) is 2. The molecule has 5 heterocycles. The summed E-state index contributed by atoms with van der Waals surface area (Å²) in [6.45, 7) is 2.53. The summed E-state index contributed by atoms with van der Waals surface area (Å²) >= 11 is 0. The van der Waals surface area contributed by atoms with E-state index in [0.29, 0.717) is 73.9 Å². The number of ether oxygens (including phenoxy) is 1. The molecule has 3 aliphatic heterocycles. The van der Waals surface area contributed by atoms with Gasteiger partial charge in [0.2, 0.25) is 17.7 Å². The van der Waals surface area contributed by atoms with Crippen LogP contribution in [-0.2, 0) is 20.9 Å². The Bertz CT molecular complexity index is 2270. The highest BCUT2D eigenvalue weighted by Gasteiger charge is 2.44. The second-order valence-electron chi connectivity index (χ2n) is 13.1. The van der Waals surface area contributed by atoms with Gasteiger partial charge in [-0.1, -0.05) is 18.2 Å². The molecule has 2 aromatic heterocycles. The van der Waals surface area contributed by atoms with Crippen molar-refractivity contribution >= 4 is 52.1 Å². The predicted octanol–water partition coefficient (Wildman–Crippen LogP) is 3.40. The largest absolute Gasteiger partial charge is 0.457 e. The molecule has 0 bridgehead atoms. The molecule has 1 unspecified atom stereocenters. The first-order valence-corrected chi connectivity index (χ1v) is 17.4. The molecule has 268 valence electrons. The van der Waals surface area contributed by atoms with Crippen LogP contribution in [0.25, 0.3) is 22.3 Å². The third-order valence-electron chi connectivity index (χ3n) is 9.85. The van der Waals surface area contributed by atoms with Crippen LogP contribution in [0.1, 0.15) is 46.4 Å². The molecule has 3 N–H and O–H groups in total. The number of nitrogens with one attached hydrogen (secondary N) is 1. The fraction of sp³-hybridized carbons (Fsp3) is 0.263. The van der Waals surface area contributed by atoms with Crippen molar-refractivity contribution in [3.8, 4) is 22.8 Å². The van der Waals surface area contributed by atoms with Crippen LogP contribution < -0.4 is 20.7 Å². The molecule has 0 aliphatic carbocycles. The quantitative estimate of drug-likeness (QED) is 0.213. The molecule has 15 nitrogen and oxygen atoms in total. The van der Waals surface area contributed by atoms with Crippen molar-refractivity contribution in [3.63, 3.8) is 0 Å². The number of aromatic nitrogens is 4. The van der Waals surface area contributed by atoms with E-state index in [1.807, 2.05) is 59.5 Å². The molecular formula is C38H35N9O6. The highest BCUT2D eigenvalue weighted by atomic mass is 16.5. The molecule has 0 radical (unpaired) electrons. The third-order valence-corrected chi connectivity index (χ3v) is 9.85. The van der Waals surface area contributed by atoms with Gasteiger partial charge >= 0.3 is 0 Å². The number of amides is 5. The maximum Gasteiger partial charge on any atom is 0.262 e. The topological polar surface area (TPSA) is 186 Å². The number of carbonyl (C=O) groups is 5. The number of piperazine rings is 1. The second kappa shape index (κ2) is 13.8. The monoisotopic (exact) mass is 713 g/mol. The Hall–Kier alpha value is -6.64. The smallest absolute Gasteiger partial charge is 0.262 e. The Morgan fingerprint density at radius 3 is 2.36 bits per heavy atom. The van der Waals surface area contributed by atoms with Crippen LogP contribution in [0.3, 0.4) is 0 Å². The zero-order valence-electron chi connectivity index (χ0n) is 28.6. The number of aryl methyl sites for hydroxylation is 1. The van der Waals surface area contributed by atoms with E-state index in [2.05, 4.69) is 20.2 Å². The average molecular weight is 714 g/mol. The first-order valence-electron chi connectivity index (χ1n) is 17.4. The van der Waals surface area contributed by atoms with Gasteiger partial charge in [-0.3, -0.25) is 34.2 Å². The van der Waals surface area contributed by atoms with Crippen molar-refractivity contribution < 1.29 is 28.7 Å². The van der Waals surface area contributed by atoms with Crippen LogP contribution in [0.4, 0.5) is 11.5 Å². The molecule has 3 aromatic carbocycles. The number of para-hydroxylation sites is 1. The van der Waals surface area contributed by atoms with Crippen molar-refractivity contribution in [2.45, 2.75) is 38.3 Å². The van der Waals surface area contributed by atoms with Crippen molar-refractivity contribution in [2.75, 3.05) is 36.8 Å². The van der Waals surface area contributed by atoms with Crippen LogP contribution in [0.15, 0.2) is 79.1 Å². The lowest BCUT2D eigenvalue weighted by atomic mass is 10.0. The Balaban J connectivity index is 0.877. The number of piperidine rings is 1. The van der Waals surface area contributed by atoms with Crippen LogP contribution >= 0.6 is 0 Å². The first-order chi connectivity index (χ1) is 25.7. The Morgan fingerprint density at radius 2 is 1.60 bits per heavy atom. The normalized spacial score (nSPS) is 17.4. The second-order valence-corrected chi connectivity index (χ2v) is 13.1. The summed E-state index contributed by atoms with van der Waals surface area (Å²) in [5.41, 5.74) is 9.58. The van der Waals surface area contributed by atoms with E-state index < -0.39 is 29.7 Å². The molecule has 5 amide bonds. The van der Waals surface area contributed by atoms with Crippen molar-refractivity contribution in [1.29, 1.82) is 0 Å². The summed E-state index contributed by atoms with van der Waals surface area (Å²) in [6, 6.07) is 21.1. The van der Waals surface area contributed by atoms with E-state index in [1.54, 1.807) is 22.9 Å². The number of nitrogens with two attached hydrogens (primary N) is 1. The van der Waals surface area contributed by atoms with Gasteiger partial charge in [-0.05, 0) is 67.4 Å². The fourth-order valence-corrected chi connectivity index (χ4v) is 7.10. The zero-order valence-corrected chi connectivity index (χ0v) is 28.6. The van der Waals surface area contributed by atoms with Gasteiger partial charge in [0.1, 0.15) is 35.4 Å². The molecule has 2 fully saturated rings. The number of imide groups is 2. The predicted molar refractivity (Wildman–Crippen MR) is 193 cm³/mol. The Morgan fingerprint density at radius 1 is 0.868 bits per heavy atom. The van der Waals surface area contributed by atoms with E-state index in [4.69, 9.17) is 15.6 Å². The summed E-state index contributed by atoms with van der Waals surface area (Å²) < 4.78 is 7.70. The van der Waals surface area contributed by atoms with Gasteiger partial charge in [-0.15, -0.1) is 0 Å². The number of rotatable bonds is 9. The van der Waals surface area contributed by atoms with Gasteiger partial charge in [0.05, 0.1) is 16.5 Å². The molecule has 0 saturated carbocycles. The molecule has 5 aromatic rings. The SMILES string of the molecule is Nc1ncnc2c1c(-c1ccc(Oc3ccccc3)cc1)nn2CCCC(=O)N1CCN(c2ccc3c(c2)C(=O)N(C2CCC(=O)NC2=O)C3=O)CC1. The zero-order chi connectivity index (χ0) is 36.6. The number of benzene rings is 3. The molecular weight excluding hydrogens is 678 g/mol. The molecule has 8 rings (SSSR count). The lowest BCUT2D eigenvalue weighted by molar-refractivity contribution is -0.136. The first kappa shape index (κ1) is 33.5. The van der Waals surface area contributed by atoms with Crippen LogP contribution in [0.2, 0.25) is 0 Å². The van der Waals surface area contributed by atoms with Crippen molar-refractivity contribution in [3.05, 3.63) is 90.3 Å². The molecule has 2 saturated heterocycles. The molecule has 53 heavy (non-hydrogen) atoms. The summed E-state index contributed by atoms with van der Waals surface area (Å²) in [7, 11) is 0. The van der Waals surface area contributed by atoms with Gasteiger partial charge < -0.3 is 20.3 Å². The number of anilines is 2. The number of fused-ring (bicyclic) bond motifs is 2. The Labute approximate surface area is 303 Å². The van der Waals surface area contributed by atoms with Gasteiger partial charge in [0.25, 0.3) is 11.8 Å². The maximum atomic E-state index is 13.3. The maximum absolute atomic E-state index is 13.3. The molecule has 15 heteroatoms. The third kappa shape index (κ3) is 6.41. The fourth-order valence-electron chi connectivity index (χ4n) is 7.10. The summed E-state index contributed by atoms with van der Waals surface area (Å²) in [5, 5.41) is 7.70. The highest BCUT2D eigenvalue weighted by Crippen LogP contribution is 2.33. The minimum Gasteiger partial charge on any atom is -0.457 e. The summed E-state index contributed by atoms with van der Waals surface area (Å²) in [6.07, 6.45) is 2.42. The standard InChI is InChI=1S/C38H35N9O6/c39-34-32-33(23-8-11-26(12-9-23)53-25-5-2-1-3-6-25)43-46(35(32)41-22-40-34)16-4-7-31(49)45-19-17-44(18-20-45)24-10-13-27-28(21-24)38(52)47(37(27)51)29-14-15-30(48)42-36(29)50/h1-3,5-6,8-13,21-22,29H,4,7,14-20H2,(H2,39,40,41)(H,42,48,50). The minimum absolute atomic E-state index is 0.0269. The molecule has 3 aliphatic rings.